The molecule has 2 aromatic rings. The van der Waals surface area contributed by atoms with Crippen molar-refractivity contribution in [3.05, 3.63) is 60.2 Å². The summed E-state index contributed by atoms with van der Waals surface area (Å²) in [6.07, 6.45) is 8.40. The molecule has 1 aromatic heterocycles. The van der Waals surface area contributed by atoms with Crippen LogP contribution in [0.2, 0.25) is 0 Å². The Labute approximate surface area is 214 Å². The Kier molecular flexibility index (Phi) is 8.08. The number of hydrogen-bond donors (Lipinski definition) is 2. The Morgan fingerprint density at radius 1 is 1.19 bits per heavy atom. The minimum Gasteiger partial charge on any atom is -0.392 e. The molecule has 194 valence electrons. The molecule has 0 bridgehead atoms. The van der Waals surface area contributed by atoms with Gasteiger partial charge >= 0.3 is 0 Å². The Morgan fingerprint density at radius 3 is 2.61 bits per heavy atom. The highest BCUT2D eigenvalue weighted by molar-refractivity contribution is 5.92. The molecule has 4 rings (SSSR count). The van der Waals surface area contributed by atoms with Gasteiger partial charge in [0.15, 0.2) is 0 Å². The van der Waals surface area contributed by atoms with Gasteiger partial charge in [-0.25, -0.2) is 4.98 Å². The molecule has 36 heavy (non-hydrogen) atoms. The molecule has 2 N–H and O–H groups in total. The quantitative estimate of drug-likeness (QED) is 0.614. The molecule has 0 radical (unpaired) electrons. The number of fused-ring (bicyclic) bond motifs is 1. The lowest BCUT2D eigenvalue weighted by Gasteiger charge is -2.56. The van der Waals surface area contributed by atoms with E-state index in [1.54, 1.807) is 6.20 Å². The number of carbonyl (C=O) groups excluding carboxylic acids is 2. The third-order valence-electron chi connectivity index (χ3n) is 8.99. The molecule has 2 aliphatic carbocycles. The van der Waals surface area contributed by atoms with Crippen LogP contribution in [0.5, 0.6) is 0 Å². The molecule has 7 heteroatoms. The van der Waals surface area contributed by atoms with E-state index >= 15 is 0 Å². The van der Waals surface area contributed by atoms with E-state index in [1.807, 2.05) is 37.1 Å². The van der Waals surface area contributed by atoms with Crippen molar-refractivity contribution in [2.24, 2.45) is 29.1 Å². The first-order valence-electron chi connectivity index (χ1n) is 13.2. The number of benzene rings is 1. The van der Waals surface area contributed by atoms with Gasteiger partial charge in [0.25, 0.3) is 5.91 Å². The zero-order valence-corrected chi connectivity index (χ0v) is 21.9. The fourth-order valence-corrected chi connectivity index (χ4v) is 6.74. The summed E-state index contributed by atoms with van der Waals surface area (Å²) in [6.45, 7) is 7.03. The monoisotopic (exact) mass is 492 g/mol. The predicted octanol–water partition coefficient (Wildman–Crippen LogP) is 3.74. The van der Waals surface area contributed by atoms with Crippen LogP contribution >= 0.6 is 0 Å². The second-order valence-electron chi connectivity index (χ2n) is 11.2. The number of likely N-dealkylation sites (N-methyl/N-ethyl adjacent to an activating group) is 1. The van der Waals surface area contributed by atoms with E-state index in [2.05, 4.69) is 41.3 Å². The Morgan fingerprint density at radius 2 is 1.92 bits per heavy atom. The number of nitrogens with zero attached hydrogens (tertiary/aromatic N) is 3. The van der Waals surface area contributed by atoms with Crippen LogP contribution in [0.4, 0.5) is 0 Å². The van der Waals surface area contributed by atoms with Crippen molar-refractivity contribution in [1.82, 2.24) is 20.2 Å². The maximum Gasteiger partial charge on any atom is 0.271 e. The number of hydrogen-bond acceptors (Lipinski definition) is 5. The molecule has 7 atom stereocenters. The van der Waals surface area contributed by atoms with Gasteiger partial charge in [-0.15, -0.1) is 0 Å². The zero-order valence-electron chi connectivity index (χ0n) is 21.9. The van der Waals surface area contributed by atoms with Crippen LogP contribution < -0.4 is 5.32 Å². The maximum atomic E-state index is 13.3. The number of amides is 2. The van der Waals surface area contributed by atoms with Crippen molar-refractivity contribution < 1.29 is 14.7 Å². The minimum absolute atomic E-state index is 0.00505. The number of carbonyl (C=O) groups is 2. The van der Waals surface area contributed by atoms with Crippen LogP contribution in [0.1, 0.15) is 62.5 Å². The molecule has 0 unspecified atom stereocenters. The molecule has 2 aliphatic rings. The van der Waals surface area contributed by atoms with Gasteiger partial charge in [-0.2, -0.15) is 0 Å². The molecule has 7 nitrogen and oxygen atoms in total. The van der Waals surface area contributed by atoms with Gasteiger partial charge in [0, 0.05) is 37.9 Å². The smallest absolute Gasteiger partial charge is 0.271 e. The van der Waals surface area contributed by atoms with Crippen molar-refractivity contribution >= 4 is 11.8 Å². The molecular formula is C29H40N4O3. The van der Waals surface area contributed by atoms with Gasteiger partial charge in [0.2, 0.25) is 5.91 Å². The number of aliphatic hydroxyl groups excluding tert-OH is 1. The molecule has 2 amide bonds. The fourth-order valence-electron chi connectivity index (χ4n) is 6.74. The zero-order chi connectivity index (χ0) is 25.9. The summed E-state index contributed by atoms with van der Waals surface area (Å²) in [5, 5.41) is 14.8. The van der Waals surface area contributed by atoms with Crippen molar-refractivity contribution in [1.29, 1.82) is 0 Å². The number of aromatic nitrogens is 2. The van der Waals surface area contributed by atoms with Crippen LogP contribution in [0.25, 0.3) is 0 Å². The summed E-state index contributed by atoms with van der Waals surface area (Å²) in [6, 6.07) is 10.1. The van der Waals surface area contributed by atoms with Crippen molar-refractivity contribution in [3.8, 4) is 0 Å². The SMILES string of the molecule is C[C@H]1[C@@H]2[C@@H](O)[C@H]([C@H](C)C(=O)N(C)CCc3ccccc3)CC[C@@]2(C)CC[C@@H]1NC(=O)c1cnccn1. The van der Waals surface area contributed by atoms with Crippen molar-refractivity contribution in [3.63, 3.8) is 0 Å². The van der Waals surface area contributed by atoms with E-state index in [1.165, 1.54) is 18.0 Å². The van der Waals surface area contributed by atoms with E-state index < -0.39 is 6.10 Å². The first kappa shape index (κ1) is 26.3. The number of rotatable bonds is 7. The summed E-state index contributed by atoms with van der Waals surface area (Å²) >= 11 is 0. The third-order valence-corrected chi connectivity index (χ3v) is 8.99. The van der Waals surface area contributed by atoms with Gasteiger partial charge in [0.05, 0.1) is 12.3 Å². The lowest BCUT2D eigenvalue weighted by atomic mass is 9.51. The van der Waals surface area contributed by atoms with E-state index in [0.29, 0.717) is 12.2 Å². The van der Waals surface area contributed by atoms with Crippen LogP contribution in [-0.2, 0) is 11.2 Å². The lowest BCUT2D eigenvalue weighted by molar-refractivity contribution is -0.149. The molecule has 2 saturated carbocycles. The summed E-state index contributed by atoms with van der Waals surface area (Å²) in [4.78, 5) is 36.0. The van der Waals surface area contributed by atoms with Gasteiger partial charge in [-0.1, -0.05) is 51.1 Å². The summed E-state index contributed by atoms with van der Waals surface area (Å²) in [5.74, 6) is -0.385. The molecule has 0 spiro atoms. The first-order chi connectivity index (χ1) is 17.2. The maximum absolute atomic E-state index is 13.3. The first-order valence-corrected chi connectivity index (χ1v) is 13.2. The van der Waals surface area contributed by atoms with E-state index in [0.717, 1.165) is 32.1 Å². The molecule has 0 saturated heterocycles. The third kappa shape index (κ3) is 5.46. The van der Waals surface area contributed by atoms with Gasteiger partial charge in [0.1, 0.15) is 5.69 Å². The highest BCUT2D eigenvalue weighted by Crippen LogP contribution is 2.55. The van der Waals surface area contributed by atoms with Crippen molar-refractivity contribution in [2.75, 3.05) is 13.6 Å². The van der Waals surface area contributed by atoms with Gasteiger partial charge in [-0.3, -0.25) is 14.6 Å². The summed E-state index contributed by atoms with van der Waals surface area (Å²) in [5.41, 5.74) is 1.52. The minimum atomic E-state index is -0.587. The second kappa shape index (κ2) is 11.1. The Balaban J connectivity index is 1.41. The van der Waals surface area contributed by atoms with E-state index in [4.69, 9.17) is 0 Å². The molecular weight excluding hydrogens is 452 g/mol. The number of aliphatic hydroxyl groups is 1. The van der Waals surface area contributed by atoms with Crippen molar-refractivity contribution in [2.45, 2.75) is 65.0 Å². The van der Waals surface area contributed by atoms with Gasteiger partial charge < -0.3 is 15.3 Å². The molecule has 1 heterocycles. The average molecular weight is 493 g/mol. The van der Waals surface area contributed by atoms with Crippen LogP contribution in [0, 0.1) is 29.1 Å². The fraction of sp³-hybridized carbons (Fsp3) is 0.586. The number of nitrogens with one attached hydrogen (secondary N) is 1. The summed E-state index contributed by atoms with van der Waals surface area (Å²) in [7, 11) is 1.86. The normalized spacial score (nSPS) is 30.6. The molecule has 2 fully saturated rings. The van der Waals surface area contributed by atoms with Crippen LogP contribution in [0.15, 0.2) is 48.9 Å². The van der Waals surface area contributed by atoms with Crippen LogP contribution in [0.3, 0.4) is 0 Å². The summed E-state index contributed by atoms with van der Waals surface area (Å²) < 4.78 is 0. The standard InChI is InChI=1S/C29H40N4O3/c1-19(28(36)33(4)17-12-21-8-6-5-7-9-21)22-10-13-29(3)14-11-23(20(2)25(29)26(22)34)32-27(35)24-18-30-15-16-31-24/h5-9,15-16,18-20,22-23,25-26,34H,10-14,17H2,1-4H3,(H,32,35)/t19-,20+,22-,23-,25+,26-,29-/m0/s1. The Hall–Kier alpha value is -2.80. The topological polar surface area (TPSA) is 95.4 Å². The van der Waals surface area contributed by atoms with Gasteiger partial charge in [-0.05, 0) is 60.8 Å². The molecule has 0 aliphatic heterocycles. The van der Waals surface area contributed by atoms with Crippen LogP contribution in [-0.4, -0.2) is 57.5 Å². The van der Waals surface area contributed by atoms with E-state index in [9.17, 15) is 14.7 Å². The highest BCUT2D eigenvalue weighted by atomic mass is 16.3. The van der Waals surface area contributed by atoms with E-state index in [-0.39, 0.29) is 46.9 Å². The highest BCUT2D eigenvalue weighted by Gasteiger charge is 2.54. The Bertz CT molecular complexity index is 1030. The average Bonchev–Trinajstić information content (AvgIpc) is 2.89. The predicted molar refractivity (Wildman–Crippen MR) is 139 cm³/mol. The molecule has 1 aromatic carbocycles. The second-order valence-corrected chi connectivity index (χ2v) is 11.2. The lowest BCUT2D eigenvalue weighted by Crippen LogP contribution is -2.58. The largest absolute Gasteiger partial charge is 0.392 e.